The molecule has 27 heavy (non-hydrogen) atoms. The van der Waals surface area contributed by atoms with Gasteiger partial charge in [-0.15, -0.1) is 6.58 Å². The van der Waals surface area contributed by atoms with Gasteiger partial charge >= 0.3 is 0 Å². The van der Waals surface area contributed by atoms with Gasteiger partial charge in [0.15, 0.2) is 0 Å². The normalized spacial score (nSPS) is 20.4. The zero-order chi connectivity index (χ0) is 19.4. The van der Waals surface area contributed by atoms with Gasteiger partial charge in [-0.2, -0.15) is 0 Å². The number of fused-ring (bicyclic) bond motifs is 1. The quantitative estimate of drug-likeness (QED) is 0.696. The van der Waals surface area contributed by atoms with Gasteiger partial charge in [0.2, 0.25) is 0 Å². The summed E-state index contributed by atoms with van der Waals surface area (Å²) in [5.74, 6) is 0.840. The Labute approximate surface area is 162 Å². The van der Waals surface area contributed by atoms with Crippen molar-refractivity contribution in [3.63, 3.8) is 0 Å². The van der Waals surface area contributed by atoms with Crippen LogP contribution in [0.15, 0.2) is 55.1 Å². The van der Waals surface area contributed by atoms with Gasteiger partial charge in [-0.05, 0) is 50.1 Å². The number of aryl methyl sites for hydroxylation is 1. The predicted octanol–water partition coefficient (Wildman–Crippen LogP) is 5.04. The van der Waals surface area contributed by atoms with E-state index < -0.39 is 5.60 Å². The highest BCUT2D eigenvalue weighted by atomic mass is 16.6. The number of hydrogen-bond acceptors (Lipinski definition) is 4. The van der Waals surface area contributed by atoms with Crippen molar-refractivity contribution < 1.29 is 14.2 Å². The molecule has 0 saturated carbocycles. The molecule has 0 aliphatic carbocycles. The van der Waals surface area contributed by atoms with Gasteiger partial charge in [-0.25, -0.2) is 0 Å². The number of anilines is 1. The molecule has 1 heterocycles. The monoisotopic (exact) mass is 367 g/mol. The highest BCUT2D eigenvalue weighted by Crippen LogP contribution is 2.44. The minimum atomic E-state index is -0.493. The van der Waals surface area contributed by atoms with E-state index in [2.05, 4.69) is 49.2 Å². The smallest absolute Gasteiger partial charge is 0.132 e. The molecule has 1 aliphatic rings. The first-order valence-corrected chi connectivity index (χ1v) is 9.33. The van der Waals surface area contributed by atoms with Crippen LogP contribution in [0, 0.1) is 6.92 Å². The van der Waals surface area contributed by atoms with Gasteiger partial charge in [-0.1, -0.05) is 30.3 Å². The van der Waals surface area contributed by atoms with E-state index in [-0.39, 0.29) is 12.2 Å². The van der Waals surface area contributed by atoms with Crippen LogP contribution in [0.25, 0.3) is 0 Å². The molecule has 4 heteroatoms. The van der Waals surface area contributed by atoms with Crippen molar-refractivity contribution in [1.29, 1.82) is 0 Å². The lowest BCUT2D eigenvalue weighted by Gasteiger charge is -2.43. The molecule has 144 valence electrons. The summed E-state index contributed by atoms with van der Waals surface area (Å²) >= 11 is 0. The van der Waals surface area contributed by atoms with Crippen LogP contribution < -0.4 is 10.1 Å². The van der Waals surface area contributed by atoms with Crippen LogP contribution in [0.5, 0.6) is 5.75 Å². The third-order valence-corrected chi connectivity index (χ3v) is 5.04. The number of methoxy groups -OCH3 is 1. The first kappa shape index (κ1) is 19.5. The third-order valence-electron chi connectivity index (χ3n) is 5.04. The molecule has 0 spiro atoms. The van der Waals surface area contributed by atoms with Crippen molar-refractivity contribution in [3.05, 3.63) is 71.8 Å². The molecule has 0 aromatic heterocycles. The zero-order valence-electron chi connectivity index (χ0n) is 16.6. The lowest BCUT2D eigenvalue weighted by atomic mass is 9.88. The molecule has 4 nitrogen and oxygen atoms in total. The van der Waals surface area contributed by atoms with E-state index >= 15 is 0 Å². The molecule has 2 aromatic carbocycles. The van der Waals surface area contributed by atoms with E-state index in [1.165, 1.54) is 11.1 Å². The Bertz CT molecular complexity index is 800. The summed E-state index contributed by atoms with van der Waals surface area (Å²) in [6.45, 7) is 11.2. The molecule has 2 aromatic rings. The number of ether oxygens (including phenoxy) is 3. The van der Waals surface area contributed by atoms with E-state index in [9.17, 15) is 0 Å². The van der Waals surface area contributed by atoms with E-state index in [0.29, 0.717) is 6.61 Å². The standard InChI is InChI=1S/C23H29NO3/c1-6-13-26-22-21(25-5)19-14-18(11-12-20(19)27-23(22,3)4)24-15-17-10-8-7-9-16(17)2/h6-12,14,21-22,24H,1,13,15H2,2-5H3. The molecule has 3 rings (SSSR count). The Kier molecular flexibility index (Phi) is 5.88. The molecular formula is C23H29NO3. The Morgan fingerprint density at radius 1 is 1.22 bits per heavy atom. The second-order valence-corrected chi connectivity index (χ2v) is 7.44. The maximum Gasteiger partial charge on any atom is 0.132 e. The van der Waals surface area contributed by atoms with Crippen LogP contribution in [0.1, 0.15) is 36.6 Å². The zero-order valence-corrected chi connectivity index (χ0v) is 16.6. The number of rotatable bonds is 7. The van der Waals surface area contributed by atoms with Gasteiger partial charge in [0, 0.05) is 24.9 Å². The number of benzene rings is 2. The SMILES string of the molecule is C=CCOC1C(OC)c2cc(NCc3ccccc3C)ccc2OC1(C)C. The fraction of sp³-hybridized carbons (Fsp3) is 0.391. The molecule has 0 saturated heterocycles. The summed E-state index contributed by atoms with van der Waals surface area (Å²) in [4.78, 5) is 0. The first-order valence-electron chi connectivity index (χ1n) is 9.33. The van der Waals surface area contributed by atoms with E-state index in [4.69, 9.17) is 14.2 Å². The molecule has 0 amide bonds. The molecule has 1 N–H and O–H groups in total. The van der Waals surface area contributed by atoms with Gasteiger partial charge in [0.1, 0.15) is 23.6 Å². The molecule has 1 aliphatic heterocycles. The van der Waals surface area contributed by atoms with Crippen molar-refractivity contribution >= 4 is 5.69 Å². The average Bonchev–Trinajstić information content (AvgIpc) is 2.65. The van der Waals surface area contributed by atoms with Crippen LogP contribution in [-0.2, 0) is 16.0 Å². The molecule has 0 radical (unpaired) electrons. The fourth-order valence-corrected chi connectivity index (χ4v) is 3.56. The van der Waals surface area contributed by atoms with Gasteiger partial charge in [0.25, 0.3) is 0 Å². The Balaban J connectivity index is 1.84. The van der Waals surface area contributed by atoms with Crippen molar-refractivity contribution in [2.45, 2.75) is 45.1 Å². The van der Waals surface area contributed by atoms with Gasteiger partial charge in [0.05, 0.1) is 6.61 Å². The minimum Gasteiger partial charge on any atom is -0.485 e. The lowest BCUT2D eigenvalue weighted by molar-refractivity contribution is -0.148. The molecule has 0 bridgehead atoms. The second-order valence-electron chi connectivity index (χ2n) is 7.44. The van der Waals surface area contributed by atoms with E-state index in [0.717, 1.165) is 23.5 Å². The summed E-state index contributed by atoms with van der Waals surface area (Å²) < 4.78 is 18.1. The summed E-state index contributed by atoms with van der Waals surface area (Å²) in [5, 5.41) is 3.51. The first-order chi connectivity index (χ1) is 13.0. The largest absolute Gasteiger partial charge is 0.485 e. The predicted molar refractivity (Wildman–Crippen MR) is 109 cm³/mol. The summed E-state index contributed by atoms with van der Waals surface area (Å²) in [6.07, 6.45) is 1.32. The Morgan fingerprint density at radius 3 is 2.70 bits per heavy atom. The third kappa shape index (κ3) is 4.18. The topological polar surface area (TPSA) is 39.7 Å². The summed E-state index contributed by atoms with van der Waals surface area (Å²) in [7, 11) is 1.72. The van der Waals surface area contributed by atoms with E-state index in [1.54, 1.807) is 13.2 Å². The minimum absolute atomic E-state index is 0.205. The molecular weight excluding hydrogens is 338 g/mol. The van der Waals surface area contributed by atoms with Crippen molar-refractivity contribution in [2.75, 3.05) is 19.0 Å². The molecule has 0 fully saturated rings. The van der Waals surface area contributed by atoms with Crippen molar-refractivity contribution in [2.24, 2.45) is 0 Å². The van der Waals surface area contributed by atoms with Crippen LogP contribution in [0.3, 0.4) is 0 Å². The fourth-order valence-electron chi connectivity index (χ4n) is 3.56. The summed E-state index contributed by atoms with van der Waals surface area (Å²) in [6, 6.07) is 14.5. The summed E-state index contributed by atoms with van der Waals surface area (Å²) in [5.41, 5.74) is 4.10. The second kappa shape index (κ2) is 8.15. The molecule has 2 atom stereocenters. The van der Waals surface area contributed by atoms with Crippen LogP contribution >= 0.6 is 0 Å². The maximum atomic E-state index is 6.23. The Morgan fingerprint density at radius 2 is 2.00 bits per heavy atom. The maximum absolute atomic E-state index is 6.23. The van der Waals surface area contributed by atoms with Gasteiger partial charge in [-0.3, -0.25) is 0 Å². The van der Waals surface area contributed by atoms with Crippen LogP contribution in [0.2, 0.25) is 0 Å². The van der Waals surface area contributed by atoms with Crippen molar-refractivity contribution in [1.82, 2.24) is 0 Å². The average molecular weight is 367 g/mol. The van der Waals surface area contributed by atoms with Gasteiger partial charge < -0.3 is 19.5 Å². The number of hydrogen-bond donors (Lipinski definition) is 1. The van der Waals surface area contributed by atoms with Crippen molar-refractivity contribution in [3.8, 4) is 5.75 Å². The molecule has 2 unspecified atom stereocenters. The Hall–Kier alpha value is -2.30. The highest BCUT2D eigenvalue weighted by Gasteiger charge is 2.45. The van der Waals surface area contributed by atoms with E-state index in [1.807, 2.05) is 26.0 Å². The lowest BCUT2D eigenvalue weighted by Crippen LogP contribution is -2.50. The van der Waals surface area contributed by atoms with Crippen LogP contribution in [-0.4, -0.2) is 25.4 Å². The number of nitrogens with one attached hydrogen (secondary N) is 1. The van der Waals surface area contributed by atoms with Crippen LogP contribution in [0.4, 0.5) is 5.69 Å². The highest BCUT2D eigenvalue weighted by molar-refractivity contribution is 5.54.